The molecule has 0 saturated heterocycles. The molecule has 0 amide bonds. The molecule has 0 aromatic heterocycles. The van der Waals surface area contributed by atoms with Gasteiger partial charge in [-0.1, -0.05) is 37.1 Å². The Hall–Kier alpha value is -1.59. The van der Waals surface area contributed by atoms with Gasteiger partial charge in [0.25, 0.3) is 0 Å². The van der Waals surface area contributed by atoms with Crippen LogP contribution < -0.4 is 0 Å². The molecule has 0 radical (unpaired) electrons. The van der Waals surface area contributed by atoms with Gasteiger partial charge in [-0.15, -0.1) is 0 Å². The maximum absolute atomic E-state index is 8.91. The third-order valence-electron chi connectivity index (χ3n) is 5.65. The van der Waals surface area contributed by atoms with Crippen molar-refractivity contribution >= 4 is 0 Å². The third kappa shape index (κ3) is 7.75. The van der Waals surface area contributed by atoms with Gasteiger partial charge < -0.3 is 4.74 Å². The topological polar surface area (TPSA) is 33.0 Å². The summed E-state index contributed by atoms with van der Waals surface area (Å²) in [6.45, 7) is 3.94. The molecule has 2 heteroatoms. The van der Waals surface area contributed by atoms with Crippen LogP contribution >= 0.6 is 0 Å². The first-order valence-electron chi connectivity index (χ1n) is 10.5. The molecule has 1 aromatic carbocycles. The van der Waals surface area contributed by atoms with E-state index in [1.807, 2.05) is 12.1 Å². The number of hydrogen-bond donors (Lipinski definition) is 0. The zero-order valence-corrected chi connectivity index (χ0v) is 16.5. The number of allylic oxidation sites excluding steroid dienone is 2. The van der Waals surface area contributed by atoms with Gasteiger partial charge >= 0.3 is 0 Å². The number of nitriles is 1. The summed E-state index contributed by atoms with van der Waals surface area (Å²) in [4.78, 5) is 0. The predicted molar refractivity (Wildman–Crippen MR) is 109 cm³/mol. The zero-order valence-electron chi connectivity index (χ0n) is 16.5. The average molecular weight is 354 g/mol. The van der Waals surface area contributed by atoms with Crippen molar-refractivity contribution in [3.05, 3.63) is 47.5 Å². The van der Waals surface area contributed by atoms with E-state index in [1.165, 1.54) is 69.8 Å². The van der Waals surface area contributed by atoms with Crippen molar-refractivity contribution in [2.75, 3.05) is 13.2 Å². The third-order valence-corrected chi connectivity index (χ3v) is 5.65. The van der Waals surface area contributed by atoms with Gasteiger partial charge in [-0.3, -0.25) is 0 Å². The minimum absolute atomic E-state index is 0.699. The van der Waals surface area contributed by atoms with E-state index < -0.39 is 0 Å². The lowest BCUT2D eigenvalue weighted by Gasteiger charge is -2.29. The van der Waals surface area contributed by atoms with Crippen LogP contribution in [0.3, 0.4) is 0 Å². The highest BCUT2D eigenvalue weighted by Crippen LogP contribution is 2.37. The van der Waals surface area contributed by atoms with E-state index in [0.29, 0.717) is 5.92 Å². The predicted octanol–water partition coefficient (Wildman–Crippen LogP) is 6.77. The molecule has 1 fully saturated rings. The Bertz CT molecular complexity index is 547. The minimum Gasteiger partial charge on any atom is -0.381 e. The van der Waals surface area contributed by atoms with Crippen molar-refractivity contribution in [3.8, 4) is 6.07 Å². The lowest BCUT2D eigenvalue weighted by Crippen LogP contribution is -2.13. The van der Waals surface area contributed by atoms with Crippen LogP contribution in [0.2, 0.25) is 0 Å². The van der Waals surface area contributed by atoms with E-state index in [-0.39, 0.29) is 0 Å². The average Bonchev–Trinajstić information content (AvgIpc) is 2.70. The standard InChI is InChI=1S/C24H35NO/c1-2-3-4-5-7-18-26-19-8-6-9-21-10-14-23(15-11-21)24-16-12-22(20-25)13-17-24/h2-3,12-13,16-17,21,23H,4-11,14-15,18-19H2,1H3/b3-2+. The number of hydrogen-bond acceptors (Lipinski definition) is 2. The quantitative estimate of drug-likeness (QED) is 0.325. The summed E-state index contributed by atoms with van der Waals surface area (Å²) in [5.74, 6) is 1.61. The second-order valence-corrected chi connectivity index (χ2v) is 7.62. The summed E-state index contributed by atoms with van der Waals surface area (Å²) < 4.78 is 5.75. The second-order valence-electron chi connectivity index (χ2n) is 7.62. The molecule has 0 bridgehead atoms. The number of rotatable bonds is 11. The molecule has 0 heterocycles. The molecule has 0 atom stereocenters. The van der Waals surface area contributed by atoms with Crippen molar-refractivity contribution in [1.29, 1.82) is 5.26 Å². The van der Waals surface area contributed by atoms with Gasteiger partial charge in [0.2, 0.25) is 0 Å². The molecule has 1 saturated carbocycles. The summed E-state index contributed by atoms with van der Waals surface area (Å²) in [5, 5.41) is 8.91. The molecule has 1 aromatic rings. The Morgan fingerprint density at radius 3 is 2.35 bits per heavy atom. The summed E-state index contributed by atoms with van der Waals surface area (Å²) in [7, 11) is 0. The van der Waals surface area contributed by atoms with E-state index in [9.17, 15) is 0 Å². The molecule has 0 aliphatic heterocycles. The lowest BCUT2D eigenvalue weighted by atomic mass is 9.77. The Morgan fingerprint density at radius 1 is 1.00 bits per heavy atom. The molecular formula is C24H35NO. The summed E-state index contributed by atoms with van der Waals surface area (Å²) in [5.41, 5.74) is 2.19. The van der Waals surface area contributed by atoms with Gasteiger partial charge in [0.1, 0.15) is 0 Å². The van der Waals surface area contributed by atoms with Crippen LogP contribution in [0.4, 0.5) is 0 Å². The Kier molecular flexibility index (Phi) is 10.1. The normalized spacial score (nSPS) is 20.3. The first-order chi connectivity index (χ1) is 12.8. The smallest absolute Gasteiger partial charge is 0.0991 e. The number of benzene rings is 1. The van der Waals surface area contributed by atoms with E-state index in [0.717, 1.165) is 24.7 Å². The number of nitrogens with zero attached hydrogens (tertiary/aromatic N) is 1. The van der Waals surface area contributed by atoms with Crippen molar-refractivity contribution in [3.63, 3.8) is 0 Å². The van der Waals surface area contributed by atoms with Gasteiger partial charge in [0, 0.05) is 13.2 Å². The SMILES string of the molecule is C/C=C/CCCCOCCCCC1CCC(c2ccc(C#N)cc2)CC1. The van der Waals surface area contributed by atoms with Crippen molar-refractivity contribution in [1.82, 2.24) is 0 Å². The highest BCUT2D eigenvalue weighted by Gasteiger charge is 2.21. The molecule has 0 N–H and O–H groups in total. The fourth-order valence-electron chi connectivity index (χ4n) is 3.99. The molecule has 0 spiro atoms. The molecule has 1 aliphatic rings. The summed E-state index contributed by atoms with van der Waals surface area (Å²) >= 11 is 0. The molecular weight excluding hydrogens is 318 g/mol. The van der Waals surface area contributed by atoms with Crippen LogP contribution in [-0.4, -0.2) is 13.2 Å². The lowest BCUT2D eigenvalue weighted by molar-refractivity contribution is 0.124. The maximum Gasteiger partial charge on any atom is 0.0991 e. The Balaban J connectivity index is 1.49. The second kappa shape index (κ2) is 12.7. The van der Waals surface area contributed by atoms with E-state index in [1.54, 1.807) is 0 Å². The largest absolute Gasteiger partial charge is 0.381 e. The molecule has 1 aliphatic carbocycles. The fourth-order valence-corrected chi connectivity index (χ4v) is 3.99. The molecule has 142 valence electrons. The van der Waals surface area contributed by atoms with Crippen molar-refractivity contribution in [2.45, 2.75) is 77.0 Å². The van der Waals surface area contributed by atoms with Gasteiger partial charge in [0.05, 0.1) is 11.6 Å². The Labute approximate surface area is 160 Å². The monoisotopic (exact) mass is 353 g/mol. The number of unbranched alkanes of at least 4 members (excludes halogenated alkanes) is 3. The van der Waals surface area contributed by atoms with Crippen LogP contribution in [0.15, 0.2) is 36.4 Å². The van der Waals surface area contributed by atoms with E-state index in [2.05, 4.69) is 37.3 Å². The van der Waals surface area contributed by atoms with Crippen LogP contribution in [0.1, 0.15) is 88.2 Å². The van der Waals surface area contributed by atoms with Crippen LogP contribution in [-0.2, 0) is 4.74 Å². The molecule has 0 unspecified atom stereocenters. The van der Waals surface area contributed by atoms with Crippen LogP contribution in [0.25, 0.3) is 0 Å². The molecule has 2 rings (SSSR count). The van der Waals surface area contributed by atoms with Crippen molar-refractivity contribution in [2.24, 2.45) is 5.92 Å². The first kappa shape index (κ1) is 20.7. The highest BCUT2D eigenvalue weighted by atomic mass is 16.5. The van der Waals surface area contributed by atoms with Crippen molar-refractivity contribution < 1.29 is 4.74 Å². The minimum atomic E-state index is 0.699. The van der Waals surface area contributed by atoms with Crippen LogP contribution in [0.5, 0.6) is 0 Å². The van der Waals surface area contributed by atoms with Gasteiger partial charge in [-0.25, -0.2) is 0 Å². The van der Waals surface area contributed by atoms with E-state index in [4.69, 9.17) is 10.00 Å². The summed E-state index contributed by atoms with van der Waals surface area (Å²) in [6.07, 6.45) is 17.2. The molecule has 2 nitrogen and oxygen atoms in total. The first-order valence-corrected chi connectivity index (χ1v) is 10.5. The molecule has 26 heavy (non-hydrogen) atoms. The van der Waals surface area contributed by atoms with Crippen LogP contribution in [0, 0.1) is 17.2 Å². The summed E-state index contributed by atoms with van der Waals surface area (Å²) in [6, 6.07) is 10.4. The van der Waals surface area contributed by atoms with Gasteiger partial charge in [-0.2, -0.15) is 5.26 Å². The Morgan fingerprint density at radius 2 is 1.69 bits per heavy atom. The zero-order chi connectivity index (χ0) is 18.5. The fraction of sp³-hybridized carbons (Fsp3) is 0.625. The van der Waals surface area contributed by atoms with Gasteiger partial charge in [0.15, 0.2) is 0 Å². The maximum atomic E-state index is 8.91. The van der Waals surface area contributed by atoms with Gasteiger partial charge in [-0.05, 0) is 87.8 Å². The number of ether oxygens (including phenoxy) is 1. The highest BCUT2D eigenvalue weighted by molar-refractivity contribution is 5.33. The van der Waals surface area contributed by atoms with E-state index >= 15 is 0 Å².